The number of esters is 1. The van der Waals surface area contributed by atoms with Crippen LogP contribution in [-0.4, -0.2) is 26.3 Å². The lowest BCUT2D eigenvalue weighted by atomic mass is 9.99. The van der Waals surface area contributed by atoms with Crippen LogP contribution in [-0.2, 0) is 4.79 Å². The zero-order valence-electron chi connectivity index (χ0n) is 17.1. The molecule has 3 aromatic carbocycles. The number of benzene rings is 3. The number of aromatic nitrogens is 3. The molecular formula is C26H15N3O4. The monoisotopic (exact) mass is 433 g/mol. The van der Waals surface area contributed by atoms with Gasteiger partial charge in [0.25, 0.3) is 5.71 Å². The van der Waals surface area contributed by atoms with Crippen molar-refractivity contribution in [3.8, 4) is 22.9 Å². The van der Waals surface area contributed by atoms with Crippen LogP contribution >= 0.6 is 0 Å². The number of carbonyl (C=O) groups is 2. The van der Waals surface area contributed by atoms with Gasteiger partial charge in [0.05, 0.1) is 5.56 Å². The minimum Gasteiger partial charge on any atom is -0.422 e. The maximum Gasteiger partial charge on any atom is 0.347 e. The summed E-state index contributed by atoms with van der Waals surface area (Å²) in [4.78, 5) is 34.9. The number of hydrogen-bond acceptors (Lipinski definition) is 6. The third kappa shape index (κ3) is 3.14. The molecule has 0 unspecified atom stereocenters. The van der Waals surface area contributed by atoms with E-state index in [4.69, 9.17) is 9.15 Å². The average Bonchev–Trinajstić information content (AvgIpc) is 3.40. The van der Waals surface area contributed by atoms with Gasteiger partial charge in [-0.15, -0.1) is 0 Å². The number of ketones is 1. The molecule has 0 N–H and O–H groups in total. The van der Waals surface area contributed by atoms with Crippen molar-refractivity contribution in [2.45, 2.75) is 0 Å². The summed E-state index contributed by atoms with van der Waals surface area (Å²) in [7, 11) is 0. The van der Waals surface area contributed by atoms with Crippen molar-refractivity contribution >= 4 is 29.2 Å². The SMILES string of the molecule is O=C1Oc2ccccc2C(=O)/C1=C/c1nc2oc(-c3ccccc3)nc2n1-c1ccccc1. The molecule has 2 aromatic heterocycles. The quantitative estimate of drug-likeness (QED) is 0.175. The lowest BCUT2D eigenvalue weighted by molar-refractivity contribution is -0.130. The molecule has 0 amide bonds. The van der Waals surface area contributed by atoms with E-state index in [1.807, 2.05) is 60.7 Å². The van der Waals surface area contributed by atoms with Crippen LogP contribution < -0.4 is 4.74 Å². The Morgan fingerprint density at radius 2 is 1.48 bits per heavy atom. The van der Waals surface area contributed by atoms with E-state index in [1.54, 1.807) is 28.8 Å². The number of oxazole rings is 1. The molecule has 7 nitrogen and oxygen atoms in total. The maximum absolute atomic E-state index is 13.0. The second-order valence-corrected chi connectivity index (χ2v) is 7.43. The molecule has 0 fully saturated rings. The molecule has 0 radical (unpaired) electrons. The molecule has 7 heteroatoms. The van der Waals surface area contributed by atoms with Crippen LogP contribution in [0.3, 0.4) is 0 Å². The van der Waals surface area contributed by atoms with Crippen LogP contribution in [0.5, 0.6) is 5.75 Å². The number of imidazole rings is 1. The van der Waals surface area contributed by atoms with E-state index in [0.29, 0.717) is 28.6 Å². The Morgan fingerprint density at radius 3 is 2.27 bits per heavy atom. The summed E-state index contributed by atoms with van der Waals surface area (Å²) in [5, 5.41) is 0. The molecule has 1 aliphatic rings. The Kier molecular flexibility index (Phi) is 4.26. The first-order valence-electron chi connectivity index (χ1n) is 10.3. The number of rotatable bonds is 3. The van der Waals surface area contributed by atoms with Crippen LogP contribution in [0.4, 0.5) is 0 Å². The number of Topliss-reactive ketones (excluding diaryl/α,β-unsaturated/α-hetero) is 1. The fourth-order valence-corrected chi connectivity index (χ4v) is 3.81. The third-order valence-electron chi connectivity index (χ3n) is 5.36. The number of carbonyl (C=O) groups excluding carboxylic acids is 2. The predicted molar refractivity (Wildman–Crippen MR) is 121 cm³/mol. The normalized spacial score (nSPS) is 14.5. The number of fused-ring (bicyclic) bond motifs is 2. The van der Waals surface area contributed by atoms with Gasteiger partial charge >= 0.3 is 5.97 Å². The van der Waals surface area contributed by atoms with Gasteiger partial charge < -0.3 is 9.15 Å². The summed E-state index contributed by atoms with van der Waals surface area (Å²) in [5.74, 6) is -0.130. The largest absolute Gasteiger partial charge is 0.422 e. The van der Waals surface area contributed by atoms with Gasteiger partial charge in [-0.05, 0) is 36.4 Å². The molecular weight excluding hydrogens is 418 g/mol. The first kappa shape index (κ1) is 18.9. The smallest absolute Gasteiger partial charge is 0.347 e. The minimum absolute atomic E-state index is 0.109. The Morgan fingerprint density at radius 1 is 0.788 bits per heavy atom. The van der Waals surface area contributed by atoms with Gasteiger partial charge in [0, 0.05) is 17.3 Å². The lowest BCUT2D eigenvalue weighted by Crippen LogP contribution is -2.25. The second-order valence-electron chi connectivity index (χ2n) is 7.43. The Labute approximate surface area is 187 Å². The fraction of sp³-hybridized carbons (Fsp3) is 0. The van der Waals surface area contributed by atoms with Crippen LogP contribution in [0, 0.1) is 0 Å². The van der Waals surface area contributed by atoms with Gasteiger partial charge in [0.2, 0.25) is 17.3 Å². The molecule has 0 atom stereocenters. The summed E-state index contributed by atoms with van der Waals surface area (Å²) < 4.78 is 13.0. The first-order chi connectivity index (χ1) is 16.2. The van der Waals surface area contributed by atoms with Gasteiger partial charge in [-0.25, -0.2) is 4.79 Å². The van der Waals surface area contributed by atoms with E-state index < -0.39 is 11.8 Å². The summed E-state index contributed by atoms with van der Waals surface area (Å²) in [6.07, 6.45) is 1.42. The van der Waals surface area contributed by atoms with E-state index in [9.17, 15) is 9.59 Å². The van der Waals surface area contributed by atoms with E-state index in [0.717, 1.165) is 11.3 Å². The molecule has 33 heavy (non-hydrogen) atoms. The highest BCUT2D eigenvalue weighted by atomic mass is 16.5. The topological polar surface area (TPSA) is 87.2 Å². The van der Waals surface area contributed by atoms with Gasteiger partial charge in [-0.3, -0.25) is 9.36 Å². The number of nitrogens with zero attached hydrogens (tertiary/aromatic N) is 3. The van der Waals surface area contributed by atoms with E-state index in [2.05, 4.69) is 9.97 Å². The van der Waals surface area contributed by atoms with Crippen molar-refractivity contribution in [1.29, 1.82) is 0 Å². The lowest BCUT2D eigenvalue weighted by Gasteiger charge is -2.16. The van der Waals surface area contributed by atoms with Crippen LogP contribution in [0.25, 0.3) is 34.6 Å². The molecule has 5 aromatic rings. The molecule has 0 spiro atoms. The Balaban J connectivity index is 1.54. The number of ether oxygens (including phenoxy) is 1. The van der Waals surface area contributed by atoms with E-state index in [-0.39, 0.29) is 11.3 Å². The van der Waals surface area contributed by atoms with Crippen molar-refractivity contribution in [2.75, 3.05) is 0 Å². The second kappa shape index (κ2) is 7.42. The van der Waals surface area contributed by atoms with Crippen molar-refractivity contribution in [2.24, 2.45) is 0 Å². The Hall–Kier alpha value is -4.78. The zero-order chi connectivity index (χ0) is 22.4. The fourth-order valence-electron chi connectivity index (χ4n) is 3.81. The Bertz CT molecular complexity index is 1560. The standard InChI is InChI=1S/C26H15N3O4/c30-22-18-13-7-8-14-20(18)32-26(31)19(22)15-21-27-25-23(29(21)17-11-5-2-6-12-17)28-24(33-25)16-9-3-1-4-10-16/h1-15H/b19-15-. The zero-order valence-corrected chi connectivity index (χ0v) is 17.1. The summed E-state index contributed by atoms with van der Waals surface area (Å²) in [6.45, 7) is 0. The summed E-state index contributed by atoms with van der Waals surface area (Å²) in [5.41, 5.74) is 2.57. The molecule has 0 saturated carbocycles. The highest BCUT2D eigenvalue weighted by Gasteiger charge is 2.31. The van der Waals surface area contributed by atoms with Crippen molar-refractivity contribution in [3.63, 3.8) is 0 Å². The molecule has 6 rings (SSSR count). The molecule has 158 valence electrons. The summed E-state index contributed by atoms with van der Waals surface area (Å²) in [6, 6.07) is 25.6. The third-order valence-corrected chi connectivity index (χ3v) is 5.36. The van der Waals surface area contributed by atoms with Gasteiger partial charge in [-0.1, -0.05) is 48.5 Å². The average molecular weight is 433 g/mol. The highest BCUT2D eigenvalue weighted by molar-refractivity contribution is 6.30. The first-order valence-corrected chi connectivity index (χ1v) is 10.3. The number of hydrogen-bond donors (Lipinski definition) is 0. The molecule has 0 saturated heterocycles. The minimum atomic E-state index is -0.726. The van der Waals surface area contributed by atoms with Gasteiger partial charge in [-0.2, -0.15) is 9.97 Å². The van der Waals surface area contributed by atoms with Crippen molar-refractivity contribution in [3.05, 3.63) is 102 Å². The van der Waals surface area contributed by atoms with E-state index >= 15 is 0 Å². The van der Waals surface area contributed by atoms with Crippen LogP contribution in [0.2, 0.25) is 0 Å². The van der Waals surface area contributed by atoms with E-state index in [1.165, 1.54) is 6.08 Å². The van der Waals surface area contributed by atoms with Crippen LogP contribution in [0.1, 0.15) is 16.2 Å². The van der Waals surface area contributed by atoms with Crippen molar-refractivity contribution in [1.82, 2.24) is 14.5 Å². The molecule has 1 aliphatic heterocycles. The predicted octanol–water partition coefficient (Wildman–Crippen LogP) is 4.87. The maximum atomic E-state index is 13.0. The van der Waals surface area contributed by atoms with Crippen LogP contribution in [0.15, 0.2) is 94.9 Å². The van der Waals surface area contributed by atoms with Gasteiger partial charge in [0.1, 0.15) is 17.1 Å². The molecule has 3 heterocycles. The molecule has 0 aliphatic carbocycles. The van der Waals surface area contributed by atoms with Gasteiger partial charge in [0.15, 0.2) is 0 Å². The highest BCUT2D eigenvalue weighted by Crippen LogP contribution is 2.31. The molecule has 0 bridgehead atoms. The number of para-hydroxylation sites is 2. The summed E-state index contributed by atoms with van der Waals surface area (Å²) >= 11 is 0. The van der Waals surface area contributed by atoms with Crippen molar-refractivity contribution < 1.29 is 18.7 Å².